The highest BCUT2D eigenvalue weighted by atomic mass is 32.2. The number of rotatable bonds is 4. The molecule has 126 valence electrons. The number of aromatic nitrogens is 2. The topological polar surface area (TPSA) is 55.2 Å². The molecule has 0 spiro atoms. The van der Waals surface area contributed by atoms with Crippen molar-refractivity contribution < 1.29 is 21.6 Å². The van der Waals surface area contributed by atoms with Crippen molar-refractivity contribution >= 4 is 10.0 Å². The van der Waals surface area contributed by atoms with Crippen molar-refractivity contribution in [3.8, 4) is 0 Å². The molecule has 0 radical (unpaired) electrons. The Morgan fingerprint density at radius 1 is 1.36 bits per heavy atom. The van der Waals surface area contributed by atoms with Crippen LogP contribution in [0.15, 0.2) is 12.4 Å². The molecule has 2 rings (SSSR count). The highest BCUT2D eigenvalue weighted by molar-refractivity contribution is 7.89. The maximum atomic E-state index is 12.7. The molecule has 1 aliphatic heterocycles. The second-order valence-electron chi connectivity index (χ2n) is 5.53. The van der Waals surface area contributed by atoms with E-state index in [9.17, 15) is 21.6 Å². The molecule has 22 heavy (non-hydrogen) atoms. The van der Waals surface area contributed by atoms with E-state index in [0.29, 0.717) is 19.8 Å². The lowest BCUT2D eigenvalue weighted by molar-refractivity contribution is -0.127. The van der Waals surface area contributed by atoms with Gasteiger partial charge < -0.3 is 0 Å². The summed E-state index contributed by atoms with van der Waals surface area (Å²) in [6.07, 6.45) is -0.0553. The zero-order valence-corrected chi connectivity index (χ0v) is 13.4. The van der Waals surface area contributed by atoms with Gasteiger partial charge in [-0.05, 0) is 38.2 Å². The van der Waals surface area contributed by atoms with Crippen LogP contribution in [0, 0.1) is 0 Å². The number of piperidine rings is 1. The zero-order valence-electron chi connectivity index (χ0n) is 12.5. The van der Waals surface area contributed by atoms with Crippen LogP contribution >= 0.6 is 0 Å². The van der Waals surface area contributed by atoms with Crippen molar-refractivity contribution in [1.82, 2.24) is 14.1 Å². The van der Waals surface area contributed by atoms with Gasteiger partial charge in [-0.25, -0.2) is 12.7 Å². The van der Waals surface area contributed by atoms with Crippen LogP contribution in [0.25, 0.3) is 0 Å². The summed E-state index contributed by atoms with van der Waals surface area (Å²) in [5.41, 5.74) is 1.02. The van der Waals surface area contributed by atoms with Crippen molar-refractivity contribution in [2.45, 2.75) is 50.6 Å². The van der Waals surface area contributed by atoms with Crippen LogP contribution in [0.2, 0.25) is 0 Å². The fourth-order valence-corrected chi connectivity index (χ4v) is 4.10. The van der Waals surface area contributed by atoms with Gasteiger partial charge in [0.2, 0.25) is 10.0 Å². The summed E-state index contributed by atoms with van der Waals surface area (Å²) in [5, 5.41) is 1.81. The molecular weight excluding hydrogens is 319 g/mol. The number of hydrogen-bond donors (Lipinski definition) is 0. The molecule has 0 amide bonds. The summed E-state index contributed by atoms with van der Waals surface area (Å²) >= 11 is 0. The van der Waals surface area contributed by atoms with Crippen LogP contribution in [0.3, 0.4) is 0 Å². The number of hydrogen-bond acceptors (Lipinski definition) is 3. The van der Waals surface area contributed by atoms with E-state index in [0.717, 1.165) is 16.4 Å². The van der Waals surface area contributed by atoms with E-state index >= 15 is 0 Å². The van der Waals surface area contributed by atoms with Crippen molar-refractivity contribution in [3.63, 3.8) is 0 Å². The van der Waals surface area contributed by atoms with Gasteiger partial charge in [0.15, 0.2) is 5.25 Å². The fraction of sp³-hybridized carbons (Fsp3) is 0.769. The van der Waals surface area contributed by atoms with E-state index in [1.165, 1.54) is 0 Å². The molecule has 2 heterocycles. The monoisotopic (exact) mass is 339 g/mol. The smallest absolute Gasteiger partial charge is 0.273 e. The summed E-state index contributed by atoms with van der Waals surface area (Å²) in [7, 11) is -4.34. The van der Waals surface area contributed by atoms with Crippen molar-refractivity contribution in [2.24, 2.45) is 0 Å². The molecule has 0 saturated carbocycles. The van der Waals surface area contributed by atoms with Gasteiger partial charge >= 0.3 is 6.18 Å². The molecule has 0 N–H and O–H groups in total. The number of nitrogens with zero attached hydrogens (tertiary/aromatic N) is 3. The molecule has 0 bridgehead atoms. The lowest BCUT2D eigenvalue weighted by Gasteiger charge is -2.33. The molecule has 1 atom stereocenters. The quantitative estimate of drug-likeness (QED) is 0.846. The van der Waals surface area contributed by atoms with E-state index in [2.05, 4.69) is 5.10 Å². The highest BCUT2D eigenvalue weighted by Gasteiger charge is 2.48. The minimum Gasteiger partial charge on any atom is -0.273 e. The molecule has 1 fully saturated rings. The van der Waals surface area contributed by atoms with Crippen LogP contribution < -0.4 is 0 Å². The molecule has 0 aromatic carbocycles. The van der Waals surface area contributed by atoms with E-state index < -0.39 is 21.4 Å². The maximum absolute atomic E-state index is 12.7. The molecule has 1 saturated heterocycles. The molecule has 9 heteroatoms. The Morgan fingerprint density at radius 2 is 1.95 bits per heavy atom. The Kier molecular flexibility index (Phi) is 4.86. The lowest BCUT2D eigenvalue weighted by Crippen LogP contribution is -2.47. The average molecular weight is 339 g/mol. The van der Waals surface area contributed by atoms with Gasteiger partial charge in [0.05, 0.1) is 6.20 Å². The first-order chi connectivity index (χ1) is 10.2. The first-order valence-corrected chi connectivity index (χ1v) is 8.74. The third-order valence-electron chi connectivity index (χ3n) is 4.17. The van der Waals surface area contributed by atoms with E-state index in [1.807, 2.05) is 13.1 Å². The summed E-state index contributed by atoms with van der Waals surface area (Å²) < 4.78 is 64.8. The zero-order chi connectivity index (χ0) is 16.5. The predicted octanol–water partition coefficient (Wildman–Crippen LogP) is 2.36. The second kappa shape index (κ2) is 6.19. The number of alkyl halides is 3. The normalized spacial score (nSPS) is 20.2. The minimum atomic E-state index is -4.74. The van der Waals surface area contributed by atoms with Gasteiger partial charge in [0.25, 0.3) is 0 Å². The van der Waals surface area contributed by atoms with Crippen molar-refractivity contribution in [3.05, 3.63) is 18.0 Å². The van der Waals surface area contributed by atoms with Gasteiger partial charge in [0, 0.05) is 25.8 Å². The summed E-state index contributed by atoms with van der Waals surface area (Å²) in [5.74, 6) is 0.146. The maximum Gasteiger partial charge on any atom is 0.406 e. The van der Waals surface area contributed by atoms with Crippen LogP contribution in [0.5, 0.6) is 0 Å². The number of halogens is 3. The first kappa shape index (κ1) is 17.3. The van der Waals surface area contributed by atoms with E-state index in [1.54, 1.807) is 10.9 Å². The Balaban J connectivity index is 2.02. The summed E-state index contributed by atoms with van der Waals surface area (Å²) in [4.78, 5) is 0. The minimum absolute atomic E-state index is 0.116. The first-order valence-electron chi connectivity index (χ1n) is 7.24. The van der Waals surface area contributed by atoms with Gasteiger partial charge in [-0.3, -0.25) is 4.68 Å². The molecule has 1 unspecified atom stereocenters. The van der Waals surface area contributed by atoms with E-state index in [4.69, 9.17) is 0 Å². The SMILES string of the molecule is CCn1cc(C2CCN(S(=O)(=O)C(C)C(F)(F)F)CC2)cn1. The third-order valence-corrected chi connectivity index (χ3v) is 6.42. The van der Waals surface area contributed by atoms with Crippen molar-refractivity contribution in [2.75, 3.05) is 13.1 Å². The van der Waals surface area contributed by atoms with Crippen LogP contribution in [-0.2, 0) is 16.6 Å². The van der Waals surface area contributed by atoms with Crippen LogP contribution in [-0.4, -0.2) is 47.0 Å². The fourth-order valence-electron chi connectivity index (χ4n) is 2.60. The molecule has 1 aromatic rings. The Hall–Kier alpha value is -1.09. The summed E-state index contributed by atoms with van der Waals surface area (Å²) in [6, 6.07) is 0. The Bertz CT molecular complexity index is 604. The van der Waals surface area contributed by atoms with Crippen LogP contribution in [0.4, 0.5) is 13.2 Å². The molecule has 5 nitrogen and oxygen atoms in total. The lowest BCUT2D eigenvalue weighted by atomic mass is 9.93. The largest absolute Gasteiger partial charge is 0.406 e. The van der Waals surface area contributed by atoms with Crippen LogP contribution in [0.1, 0.15) is 38.2 Å². The van der Waals surface area contributed by atoms with Gasteiger partial charge in [-0.15, -0.1) is 0 Å². The molecule has 0 aliphatic carbocycles. The number of aryl methyl sites for hydroxylation is 1. The number of sulfonamides is 1. The van der Waals surface area contributed by atoms with Crippen molar-refractivity contribution in [1.29, 1.82) is 0 Å². The summed E-state index contributed by atoms with van der Waals surface area (Å²) in [6.45, 7) is 3.64. The second-order valence-corrected chi connectivity index (χ2v) is 7.78. The Morgan fingerprint density at radius 3 is 2.41 bits per heavy atom. The van der Waals surface area contributed by atoms with Gasteiger partial charge in [-0.1, -0.05) is 0 Å². The Labute approximate surface area is 128 Å². The average Bonchev–Trinajstić information content (AvgIpc) is 2.94. The molecule has 1 aliphatic rings. The van der Waals surface area contributed by atoms with Gasteiger partial charge in [-0.2, -0.15) is 18.3 Å². The molecular formula is C13H20F3N3O2S. The highest BCUT2D eigenvalue weighted by Crippen LogP contribution is 2.33. The molecule has 1 aromatic heterocycles. The van der Waals surface area contributed by atoms with Gasteiger partial charge in [0.1, 0.15) is 0 Å². The standard InChI is InChI=1S/C13H20F3N3O2S/c1-3-18-9-12(8-17-18)11-4-6-19(7-5-11)22(20,21)10(2)13(14,15)16/h8-11H,3-7H2,1-2H3. The third kappa shape index (κ3) is 3.45. The predicted molar refractivity (Wildman–Crippen MR) is 75.9 cm³/mol. The van der Waals surface area contributed by atoms with E-state index in [-0.39, 0.29) is 19.0 Å².